The summed E-state index contributed by atoms with van der Waals surface area (Å²) in [7, 11) is 0. The highest BCUT2D eigenvalue weighted by Gasteiger charge is 2.07. The van der Waals surface area contributed by atoms with Crippen molar-refractivity contribution >= 4 is 5.91 Å². The highest BCUT2D eigenvalue weighted by atomic mass is 16.2. The molecule has 0 fully saturated rings. The molecule has 0 aliphatic heterocycles. The van der Waals surface area contributed by atoms with Gasteiger partial charge in [0.2, 0.25) is 0 Å². The van der Waals surface area contributed by atoms with Gasteiger partial charge in [0.15, 0.2) is 0 Å². The number of aromatic nitrogens is 3. The summed E-state index contributed by atoms with van der Waals surface area (Å²) in [4.78, 5) is 41.8. The van der Waals surface area contributed by atoms with Crippen LogP contribution in [0, 0.1) is 0 Å². The van der Waals surface area contributed by atoms with Crippen molar-refractivity contribution in [2.24, 2.45) is 0 Å². The lowest BCUT2D eigenvalue weighted by Crippen LogP contribution is -2.30. The molecule has 92 valence electrons. The van der Waals surface area contributed by atoms with Gasteiger partial charge in [0, 0.05) is 25.0 Å². The summed E-state index contributed by atoms with van der Waals surface area (Å²) in [6, 6.07) is 4.53. The SMILES string of the molecule is O=C(NCc1ccncc1)c1cc(=O)[nH]c(=O)[nH]1. The monoisotopic (exact) mass is 246 g/mol. The minimum absolute atomic E-state index is 0.0715. The fourth-order valence-electron chi connectivity index (χ4n) is 1.37. The van der Waals surface area contributed by atoms with Gasteiger partial charge in [0.25, 0.3) is 11.5 Å². The van der Waals surface area contributed by atoms with Crippen LogP contribution in [0.25, 0.3) is 0 Å². The van der Waals surface area contributed by atoms with Crippen LogP contribution in [0.4, 0.5) is 0 Å². The van der Waals surface area contributed by atoms with E-state index in [0.29, 0.717) is 0 Å². The van der Waals surface area contributed by atoms with Crippen LogP contribution in [0.3, 0.4) is 0 Å². The van der Waals surface area contributed by atoms with E-state index < -0.39 is 17.2 Å². The van der Waals surface area contributed by atoms with Crippen LogP contribution in [-0.2, 0) is 6.54 Å². The van der Waals surface area contributed by atoms with Crippen molar-refractivity contribution in [3.63, 3.8) is 0 Å². The van der Waals surface area contributed by atoms with E-state index >= 15 is 0 Å². The molecule has 0 bridgehead atoms. The molecule has 0 aliphatic carbocycles. The molecule has 0 aliphatic rings. The van der Waals surface area contributed by atoms with E-state index in [1.54, 1.807) is 24.5 Å². The third-order valence-electron chi connectivity index (χ3n) is 2.21. The molecule has 0 saturated heterocycles. The molecule has 2 heterocycles. The number of nitrogens with one attached hydrogen (secondary N) is 3. The van der Waals surface area contributed by atoms with Gasteiger partial charge in [-0.15, -0.1) is 0 Å². The third-order valence-corrected chi connectivity index (χ3v) is 2.21. The number of H-pyrrole nitrogens is 2. The fraction of sp³-hybridized carbons (Fsp3) is 0.0909. The molecule has 7 heteroatoms. The summed E-state index contributed by atoms with van der Waals surface area (Å²) in [5, 5.41) is 2.58. The van der Waals surface area contributed by atoms with Crippen LogP contribution in [0.1, 0.15) is 16.1 Å². The molecule has 0 radical (unpaired) electrons. The molecular weight excluding hydrogens is 236 g/mol. The van der Waals surface area contributed by atoms with Crippen molar-refractivity contribution in [1.82, 2.24) is 20.3 Å². The summed E-state index contributed by atoms with van der Waals surface area (Å²) < 4.78 is 0. The maximum Gasteiger partial charge on any atom is 0.326 e. The van der Waals surface area contributed by atoms with Gasteiger partial charge >= 0.3 is 5.69 Å². The number of carbonyl (C=O) groups is 1. The number of hydrogen-bond donors (Lipinski definition) is 3. The normalized spacial score (nSPS) is 10.0. The molecule has 2 rings (SSSR count). The third kappa shape index (κ3) is 2.91. The van der Waals surface area contributed by atoms with E-state index in [0.717, 1.165) is 11.6 Å². The standard InChI is InChI=1S/C11H10N4O3/c16-9-5-8(14-11(18)15-9)10(17)13-6-7-1-3-12-4-2-7/h1-5H,6H2,(H,13,17)(H2,14,15,16,18). The molecule has 0 atom stereocenters. The van der Waals surface area contributed by atoms with Gasteiger partial charge < -0.3 is 10.3 Å². The zero-order valence-electron chi connectivity index (χ0n) is 9.27. The molecule has 3 N–H and O–H groups in total. The van der Waals surface area contributed by atoms with E-state index in [1.165, 1.54) is 0 Å². The van der Waals surface area contributed by atoms with Crippen LogP contribution in [-0.4, -0.2) is 20.9 Å². The highest BCUT2D eigenvalue weighted by Crippen LogP contribution is 1.95. The number of aromatic amines is 2. The summed E-state index contributed by atoms with van der Waals surface area (Å²) in [6.45, 7) is 0.288. The second kappa shape index (κ2) is 5.09. The van der Waals surface area contributed by atoms with Gasteiger partial charge in [0.1, 0.15) is 5.69 Å². The Hall–Kier alpha value is -2.70. The molecule has 0 aromatic carbocycles. The molecule has 2 aromatic heterocycles. The van der Waals surface area contributed by atoms with Crippen molar-refractivity contribution in [3.8, 4) is 0 Å². The summed E-state index contributed by atoms with van der Waals surface area (Å²) in [6.07, 6.45) is 3.22. The maximum absolute atomic E-state index is 11.7. The number of rotatable bonds is 3. The molecule has 2 aromatic rings. The number of pyridine rings is 1. The Kier molecular flexibility index (Phi) is 3.33. The lowest BCUT2D eigenvalue weighted by molar-refractivity contribution is 0.0945. The molecule has 1 amide bonds. The Morgan fingerprint density at radius 3 is 2.61 bits per heavy atom. The first-order valence-electron chi connectivity index (χ1n) is 5.16. The van der Waals surface area contributed by atoms with E-state index in [-0.39, 0.29) is 12.2 Å². The minimum atomic E-state index is -0.712. The summed E-state index contributed by atoms with van der Waals surface area (Å²) >= 11 is 0. The van der Waals surface area contributed by atoms with Gasteiger partial charge in [-0.05, 0) is 17.7 Å². The average Bonchev–Trinajstić information content (AvgIpc) is 2.36. The topological polar surface area (TPSA) is 108 Å². The summed E-state index contributed by atoms with van der Waals surface area (Å²) in [5.74, 6) is -0.519. The summed E-state index contributed by atoms with van der Waals surface area (Å²) in [5.41, 5.74) is -0.535. The molecular formula is C11H10N4O3. The van der Waals surface area contributed by atoms with Crippen LogP contribution >= 0.6 is 0 Å². The Morgan fingerprint density at radius 2 is 1.94 bits per heavy atom. The number of nitrogens with zero attached hydrogens (tertiary/aromatic N) is 1. The first-order valence-corrected chi connectivity index (χ1v) is 5.16. The van der Waals surface area contributed by atoms with Crippen LogP contribution < -0.4 is 16.6 Å². The predicted octanol–water partition coefficient (Wildman–Crippen LogP) is -0.612. The van der Waals surface area contributed by atoms with E-state index in [9.17, 15) is 14.4 Å². The van der Waals surface area contributed by atoms with Crippen LogP contribution in [0.15, 0.2) is 40.2 Å². The largest absolute Gasteiger partial charge is 0.347 e. The van der Waals surface area contributed by atoms with Gasteiger partial charge in [-0.25, -0.2) is 4.79 Å². The second-order valence-electron chi connectivity index (χ2n) is 3.54. The smallest absolute Gasteiger partial charge is 0.326 e. The Bertz CT molecular complexity index is 631. The Balaban J connectivity index is 2.08. The lowest BCUT2D eigenvalue weighted by atomic mass is 10.2. The minimum Gasteiger partial charge on any atom is -0.347 e. The quantitative estimate of drug-likeness (QED) is 0.671. The van der Waals surface area contributed by atoms with E-state index in [4.69, 9.17) is 0 Å². The van der Waals surface area contributed by atoms with Gasteiger partial charge in [-0.1, -0.05) is 0 Å². The number of amides is 1. The van der Waals surface area contributed by atoms with E-state index in [2.05, 4.69) is 15.3 Å². The van der Waals surface area contributed by atoms with Crippen molar-refractivity contribution in [3.05, 3.63) is 62.7 Å². The lowest BCUT2D eigenvalue weighted by Gasteiger charge is -2.04. The second-order valence-corrected chi connectivity index (χ2v) is 3.54. The van der Waals surface area contributed by atoms with Crippen molar-refractivity contribution in [1.29, 1.82) is 0 Å². The van der Waals surface area contributed by atoms with E-state index in [1.807, 2.05) is 4.98 Å². The van der Waals surface area contributed by atoms with Crippen LogP contribution in [0.5, 0.6) is 0 Å². The first kappa shape index (κ1) is 11.8. The van der Waals surface area contributed by atoms with Gasteiger partial charge in [-0.3, -0.25) is 19.6 Å². The van der Waals surface area contributed by atoms with Crippen LogP contribution in [0.2, 0.25) is 0 Å². The molecule has 0 saturated carbocycles. The number of carbonyl (C=O) groups excluding carboxylic acids is 1. The molecule has 7 nitrogen and oxygen atoms in total. The molecule has 18 heavy (non-hydrogen) atoms. The zero-order valence-corrected chi connectivity index (χ0v) is 9.27. The first-order chi connectivity index (χ1) is 8.65. The molecule has 0 spiro atoms. The predicted molar refractivity (Wildman–Crippen MR) is 63.1 cm³/mol. The van der Waals surface area contributed by atoms with Crippen molar-refractivity contribution in [2.45, 2.75) is 6.54 Å². The van der Waals surface area contributed by atoms with Gasteiger partial charge in [0.05, 0.1) is 0 Å². The fourth-order valence-corrected chi connectivity index (χ4v) is 1.37. The maximum atomic E-state index is 11.7. The van der Waals surface area contributed by atoms with Crippen molar-refractivity contribution in [2.75, 3.05) is 0 Å². The molecule has 0 unspecified atom stereocenters. The zero-order chi connectivity index (χ0) is 13.0. The average molecular weight is 246 g/mol. The Labute approximate surface area is 101 Å². The highest BCUT2D eigenvalue weighted by molar-refractivity contribution is 5.91. The van der Waals surface area contributed by atoms with Crippen molar-refractivity contribution < 1.29 is 4.79 Å². The Morgan fingerprint density at radius 1 is 1.22 bits per heavy atom. The number of hydrogen-bond acceptors (Lipinski definition) is 4. The van der Waals surface area contributed by atoms with Gasteiger partial charge in [-0.2, -0.15) is 0 Å².